The number of nitrogens with one attached hydrogen (secondary N) is 2. The lowest BCUT2D eigenvalue weighted by atomic mass is 9.96. The fraction of sp³-hybridized carbons (Fsp3) is 0.286. The summed E-state index contributed by atoms with van der Waals surface area (Å²) >= 11 is 6.16. The number of hydrogen-bond acceptors (Lipinski definition) is 3. The maximum atomic E-state index is 6.16. The van der Waals surface area contributed by atoms with Gasteiger partial charge in [-0.1, -0.05) is 29.8 Å². The summed E-state index contributed by atoms with van der Waals surface area (Å²) in [5.74, 6) is 1.63. The minimum Gasteiger partial charge on any atom is -0.356 e. The summed E-state index contributed by atoms with van der Waals surface area (Å²) in [6.45, 7) is 1.49. The average molecular weight is 523 g/mol. The van der Waals surface area contributed by atoms with E-state index in [2.05, 4.69) is 43.8 Å². The van der Waals surface area contributed by atoms with E-state index < -0.39 is 0 Å². The number of aromatic nitrogens is 3. The van der Waals surface area contributed by atoms with Crippen LogP contribution in [0.15, 0.2) is 66.3 Å². The zero-order chi connectivity index (χ0) is 19.4. The van der Waals surface area contributed by atoms with Crippen LogP contribution >= 0.6 is 35.6 Å². The van der Waals surface area contributed by atoms with Gasteiger partial charge in [0.1, 0.15) is 12.1 Å². The molecule has 152 valence electrons. The van der Waals surface area contributed by atoms with E-state index in [0.717, 1.165) is 41.7 Å². The summed E-state index contributed by atoms with van der Waals surface area (Å²) in [6, 6.07) is 12.2. The van der Waals surface area contributed by atoms with Crippen molar-refractivity contribution < 1.29 is 0 Å². The maximum Gasteiger partial charge on any atom is 0.191 e. The summed E-state index contributed by atoms with van der Waals surface area (Å²) in [5.41, 5.74) is 2.54. The highest BCUT2D eigenvalue weighted by atomic mass is 127. The lowest BCUT2D eigenvalue weighted by Gasteiger charge is -2.19. The van der Waals surface area contributed by atoms with Crippen LogP contribution in [0, 0.1) is 0 Å². The number of benzene rings is 1. The third-order valence-electron chi connectivity index (χ3n) is 5.15. The van der Waals surface area contributed by atoms with Crippen molar-refractivity contribution in [3.63, 3.8) is 0 Å². The van der Waals surface area contributed by atoms with Crippen LogP contribution in [-0.2, 0) is 12.0 Å². The first-order chi connectivity index (χ1) is 13.7. The van der Waals surface area contributed by atoms with Gasteiger partial charge in [0.15, 0.2) is 5.96 Å². The predicted octanol–water partition coefficient (Wildman–Crippen LogP) is 3.94. The molecule has 0 amide bonds. The molecule has 2 N–H and O–H groups in total. The second kappa shape index (κ2) is 9.58. The van der Waals surface area contributed by atoms with E-state index in [-0.39, 0.29) is 29.4 Å². The highest BCUT2D eigenvalue weighted by molar-refractivity contribution is 14.0. The van der Waals surface area contributed by atoms with Gasteiger partial charge in [0, 0.05) is 49.2 Å². The van der Waals surface area contributed by atoms with E-state index in [1.807, 2.05) is 35.2 Å². The number of rotatable bonds is 6. The molecule has 1 saturated carbocycles. The lowest BCUT2D eigenvalue weighted by molar-refractivity contribution is 0.645. The standard InChI is InChI=1S/C21H23ClN6.HI/c1-23-20(27-14-21(7-8-21)17-3-2-4-18(22)11-17)26-13-16-5-6-19(25-12-16)28-10-9-24-15-28;/h2-6,9-12,15H,7-8,13-14H2,1H3,(H2,23,26,27);1H. The van der Waals surface area contributed by atoms with Crippen molar-refractivity contribution in [3.8, 4) is 5.82 Å². The second-order valence-electron chi connectivity index (χ2n) is 7.06. The predicted molar refractivity (Wildman–Crippen MR) is 127 cm³/mol. The maximum absolute atomic E-state index is 6.16. The monoisotopic (exact) mass is 522 g/mol. The topological polar surface area (TPSA) is 67.1 Å². The van der Waals surface area contributed by atoms with Crippen molar-refractivity contribution in [2.75, 3.05) is 13.6 Å². The van der Waals surface area contributed by atoms with Gasteiger partial charge in [0.25, 0.3) is 0 Å². The summed E-state index contributed by atoms with van der Waals surface area (Å²) < 4.78 is 1.88. The summed E-state index contributed by atoms with van der Waals surface area (Å²) in [6.07, 6.45) is 9.54. The Morgan fingerprint density at radius 2 is 2.10 bits per heavy atom. The van der Waals surface area contributed by atoms with Crippen LogP contribution in [0.1, 0.15) is 24.0 Å². The lowest BCUT2D eigenvalue weighted by Crippen LogP contribution is -2.40. The number of nitrogens with zero attached hydrogens (tertiary/aromatic N) is 4. The van der Waals surface area contributed by atoms with E-state index in [4.69, 9.17) is 11.6 Å². The van der Waals surface area contributed by atoms with Gasteiger partial charge >= 0.3 is 0 Å². The molecule has 6 nitrogen and oxygen atoms in total. The van der Waals surface area contributed by atoms with Gasteiger partial charge in [-0.15, -0.1) is 24.0 Å². The number of halogens is 2. The highest BCUT2D eigenvalue weighted by Gasteiger charge is 2.44. The average Bonchev–Trinajstić information content (AvgIpc) is 3.32. The molecule has 1 aliphatic carbocycles. The van der Waals surface area contributed by atoms with Crippen molar-refractivity contribution >= 4 is 41.5 Å². The Hall–Kier alpha value is -2.13. The van der Waals surface area contributed by atoms with E-state index in [0.29, 0.717) is 6.54 Å². The third kappa shape index (κ3) is 5.27. The molecular weight excluding hydrogens is 499 g/mol. The molecule has 0 aliphatic heterocycles. The Morgan fingerprint density at radius 1 is 1.24 bits per heavy atom. The molecule has 1 aliphatic rings. The van der Waals surface area contributed by atoms with Gasteiger partial charge in [-0.05, 0) is 42.2 Å². The van der Waals surface area contributed by atoms with E-state index in [1.165, 1.54) is 5.56 Å². The summed E-state index contributed by atoms with van der Waals surface area (Å²) in [5, 5.41) is 7.60. The first kappa shape index (κ1) is 21.6. The Balaban J connectivity index is 0.00000240. The molecule has 1 aromatic carbocycles. The molecule has 0 saturated heterocycles. The van der Waals surface area contributed by atoms with E-state index in [9.17, 15) is 0 Å². The molecule has 0 atom stereocenters. The highest BCUT2D eigenvalue weighted by Crippen LogP contribution is 2.48. The molecule has 0 spiro atoms. The van der Waals surface area contributed by atoms with Crippen LogP contribution in [0.25, 0.3) is 5.82 Å². The summed E-state index contributed by atoms with van der Waals surface area (Å²) in [4.78, 5) is 12.9. The van der Waals surface area contributed by atoms with Crippen LogP contribution < -0.4 is 10.6 Å². The second-order valence-corrected chi connectivity index (χ2v) is 7.50. The molecule has 8 heteroatoms. The number of guanidine groups is 1. The molecule has 2 heterocycles. The molecule has 0 radical (unpaired) electrons. The van der Waals surface area contributed by atoms with Crippen LogP contribution in [0.4, 0.5) is 0 Å². The normalized spacial score (nSPS) is 14.8. The summed E-state index contributed by atoms with van der Waals surface area (Å²) in [7, 11) is 1.79. The van der Waals surface area contributed by atoms with Crippen LogP contribution in [-0.4, -0.2) is 34.1 Å². The van der Waals surface area contributed by atoms with Gasteiger partial charge in [-0.2, -0.15) is 0 Å². The van der Waals surface area contributed by atoms with Gasteiger partial charge < -0.3 is 10.6 Å². The van der Waals surface area contributed by atoms with Crippen molar-refractivity contribution in [1.29, 1.82) is 0 Å². The van der Waals surface area contributed by atoms with Gasteiger partial charge in [0.2, 0.25) is 0 Å². The van der Waals surface area contributed by atoms with Crippen molar-refractivity contribution in [1.82, 2.24) is 25.2 Å². The first-order valence-electron chi connectivity index (χ1n) is 9.32. The van der Waals surface area contributed by atoms with Crippen LogP contribution in [0.3, 0.4) is 0 Å². The molecule has 29 heavy (non-hydrogen) atoms. The SMILES string of the molecule is CN=C(NCc1ccc(-n2ccnc2)nc1)NCC1(c2cccc(Cl)c2)CC1.I. The molecule has 3 aromatic rings. The number of hydrogen-bond donors (Lipinski definition) is 2. The smallest absolute Gasteiger partial charge is 0.191 e. The Kier molecular flexibility index (Phi) is 7.13. The quantitative estimate of drug-likeness (QED) is 0.292. The van der Waals surface area contributed by atoms with Gasteiger partial charge in [-0.25, -0.2) is 9.97 Å². The van der Waals surface area contributed by atoms with Crippen molar-refractivity contribution in [2.24, 2.45) is 4.99 Å². The molecular formula is C21H24ClIN6. The molecule has 0 bridgehead atoms. The molecule has 1 fully saturated rings. The zero-order valence-electron chi connectivity index (χ0n) is 16.2. The number of pyridine rings is 1. The number of imidazole rings is 1. The molecule has 2 aromatic heterocycles. The first-order valence-corrected chi connectivity index (χ1v) is 9.70. The Morgan fingerprint density at radius 3 is 2.72 bits per heavy atom. The fourth-order valence-electron chi connectivity index (χ4n) is 3.26. The van der Waals surface area contributed by atoms with E-state index >= 15 is 0 Å². The molecule has 0 unspecified atom stereocenters. The van der Waals surface area contributed by atoms with Crippen LogP contribution in [0.5, 0.6) is 0 Å². The van der Waals surface area contributed by atoms with E-state index in [1.54, 1.807) is 19.6 Å². The zero-order valence-corrected chi connectivity index (χ0v) is 19.3. The number of aliphatic imine (C=N–C) groups is 1. The van der Waals surface area contributed by atoms with Crippen LogP contribution in [0.2, 0.25) is 5.02 Å². The molecule has 4 rings (SSSR count). The van der Waals surface area contributed by atoms with Gasteiger partial charge in [0.05, 0.1) is 0 Å². The van der Waals surface area contributed by atoms with Crippen molar-refractivity contribution in [2.45, 2.75) is 24.8 Å². The Labute approximate surface area is 192 Å². The third-order valence-corrected chi connectivity index (χ3v) is 5.38. The minimum atomic E-state index is 0. The minimum absolute atomic E-state index is 0. The van der Waals surface area contributed by atoms with Gasteiger partial charge in [-0.3, -0.25) is 9.56 Å². The Bertz CT molecular complexity index is 952. The fourth-order valence-corrected chi connectivity index (χ4v) is 3.45. The largest absolute Gasteiger partial charge is 0.356 e. The van der Waals surface area contributed by atoms with Crippen molar-refractivity contribution in [3.05, 3.63) is 77.5 Å².